The predicted octanol–water partition coefficient (Wildman–Crippen LogP) is 1.84. The largest absolute Gasteiger partial charge is 0.493 e. The minimum absolute atomic E-state index is 0.209. The van der Waals surface area contributed by atoms with Crippen LogP contribution in [-0.2, 0) is 6.54 Å². The van der Waals surface area contributed by atoms with Crippen molar-refractivity contribution in [2.24, 2.45) is 5.73 Å². The van der Waals surface area contributed by atoms with E-state index in [1.807, 2.05) is 0 Å². The smallest absolute Gasteiger partial charge is 0.165 e. The number of fused-ring (bicyclic) bond motifs is 1. The van der Waals surface area contributed by atoms with Crippen LogP contribution in [0.15, 0.2) is 24.4 Å². The lowest BCUT2D eigenvalue weighted by Crippen LogP contribution is -2.02. The molecule has 0 aliphatic heterocycles. The van der Waals surface area contributed by atoms with Crippen LogP contribution < -0.4 is 10.5 Å². The van der Waals surface area contributed by atoms with E-state index in [-0.39, 0.29) is 12.3 Å². The molecular weight excluding hydrogens is 195 g/mol. The number of benzene rings is 1. The van der Waals surface area contributed by atoms with Gasteiger partial charge in [-0.1, -0.05) is 6.07 Å². The molecule has 4 heteroatoms. The third-order valence-corrected chi connectivity index (χ3v) is 2.31. The number of hydrogen-bond acceptors (Lipinski definition) is 3. The fourth-order valence-electron chi connectivity index (χ4n) is 1.64. The Bertz CT molecular complexity index is 499. The number of methoxy groups -OCH3 is 1. The molecule has 3 nitrogen and oxygen atoms in total. The summed E-state index contributed by atoms with van der Waals surface area (Å²) in [4.78, 5) is 4.10. The minimum Gasteiger partial charge on any atom is -0.493 e. The van der Waals surface area contributed by atoms with Gasteiger partial charge in [-0.05, 0) is 17.5 Å². The van der Waals surface area contributed by atoms with E-state index in [9.17, 15) is 4.39 Å². The highest BCUT2D eigenvalue weighted by Crippen LogP contribution is 2.30. The first-order chi connectivity index (χ1) is 7.27. The molecule has 2 aromatic rings. The molecule has 1 aromatic carbocycles. The van der Waals surface area contributed by atoms with E-state index < -0.39 is 5.82 Å². The Labute approximate surface area is 86.7 Å². The summed E-state index contributed by atoms with van der Waals surface area (Å²) in [7, 11) is 1.44. The molecule has 0 amide bonds. The van der Waals surface area contributed by atoms with Crippen LogP contribution in [0, 0.1) is 5.82 Å². The fourth-order valence-corrected chi connectivity index (χ4v) is 1.64. The Balaban J connectivity index is 2.87. The Hall–Kier alpha value is -1.68. The summed E-state index contributed by atoms with van der Waals surface area (Å²) in [6, 6.07) is 4.87. The zero-order chi connectivity index (χ0) is 10.8. The van der Waals surface area contributed by atoms with E-state index in [0.29, 0.717) is 11.1 Å². The maximum atomic E-state index is 13.4. The molecule has 1 heterocycles. The number of nitrogens with zero attached hydrogens (tertiary/aromatic N) is 1. The quantitative estimate of drug-likeness (QED) is 0.815. The first-order valence-corrected chi connectivity index (χ1v) is 4.58. The second kappa shape index (κ2) is 3.82. The van der Waals surface area contributed by atoms with Crippen molar-refractivity contribution in [1.82, 2.24) is 4.98 Å². The molecular formula is C11H11FN2O. The van der Waals surface area contributed by atoms with Crippen LogP contribution in [0.25, 0.3) is 10.8 Å². The van der Waals surface area contributed by atoms with E-state index in [2.05, 4.69) is 4.98 Å². The zero-order valence-electron chi connectivity index (χ0n) is 8.33. The molecule has 2 rings (SSSR count). The van der Waals surface area contributed by atoms with Crippen LogP contribution in [0.3, 0.4) is 0 Å². The average molecular weight is 206 g/mol. The van der Waals surface area contributed by atoms with Crippen LogP contribution >= 0.6 is 0 Å². The highest BCUT2D eigenvalue weighted by Gasteiger charge is 2.11. The van der Waals surface area contributed by atoms with Gasteiger partial charge in [-0.2, -0.15) is 0 Å². The second-order valence-electron chi connectivity index (χ2n) is 3.14. The van der Waals surface area contributed by atoms with Crippen molar-refractivity contribution in [3.63, 3.8) is 0 Å². The van der Waals surface area contributed by atoms with Crippen LogP contribution in [-0.4, -0.2) is 12.1 Å². The number of rotatable bonds is 2. The Morgan fingerprint density at radius 3 is 2.87 bits per heavy atom. The normalized spacial score (nSPS) is 10.6. The third-order valence-electron chi connectivity index (χ3n) is 2.31. The molecule has 1 aromatic heterocycles. The number of nitrogens with two attached hydrogens (primary N) is 1. The van der Waals surface area contributed by atoms with E-state index >= 15 is 0 Å². The fraction of sp³-hybridized carbons (Fsp3) is 0.182. The lowest BCUT2D eigenvalue weighted by Gasteiger charge is -2.09. The SMILES string of the molecule is COc1c(F)ccc2ccnc(CN)c12. The molecule has 0 bridgehead atoms. The van der Waals surface area contributed by atoms with Crippen LogP contribution in [0.1, 0.15) is 5.69 Å². The van der Waals surface area contributed by atoms with Gasteiger partial charge in [-0.15, -0.1) is 0 Å². The van der Waals surface area contributed by atoms with Gasteiger partial charge in [0.1, 0.15) is 0 Å². The van der Waals surface area contributed by atoms with Gasteiger partial charge in [0.25, 0.3) is 0 Å². The molecule has 0 saturated carbocycles. The first kappa shape index (κ1) is 9.86. The molecule has 15 heavy (non-hydrogen) atoms. The topological polar surface area (TPSA) is 48.1 Å². The summed E-state index contributed by atoms with van der Waals surface area (Å²) < 4.78 is 18.5. The third kappa shape index (κ3) is 1.53. The van der Waals surface area contributed by atoms with E-state index in [1.165, 1.54) is 13.2 Å². The lowest BCUT2D eigenvalue weighted by atomic mass is 10.1. The van der Waals surface area contributed by atoms with Crippen molar-refractivity contribution in [1.29, 1.82) is 0 Å². The molecule has 78 valence electrons. The van der Waals surface area contributed by atoms with E-state index in [4.69, 9.17) is 10.5 Å². The highest BCUT2D eigenvalue weighted by atomic mass is 19.1. The molecule has 0 aliphatic rings. The molecule has 2 N–H and O–H groups in total. The van der Waals surface area contributed by atoms with Gasteiger partial charge in [0.15, 0.2) is 11.6 Å². The molecule has 0 fully saturated rings. The Morgan fingerprint density at radius 1 is 1.40 bits per heavy atom. The van der Waals surface area contributed by atoms with E-state index in [0.717, 1.165) is 5.39 Å². The van der Waals surface area contributed by atoms with Crippen molar-refractivity contribution < 1.29 is 9.13 Å². The standard InChI is InChI=1S/C11H11FN2O/c1-15-11-8(12)3-2-7-4-5-14-9(6-13)10(7)11/h2-5H,6,13H2,1H3. The maximum absolute atomic E-state index is 13.4. The highest BCUT2D eigenvalue weighted by molar-refractivity contribution is 5.90. The molecule has 0 radical (unpaired) electrons. The predicted molar refractivity (Wildman–Crippen MR) is 56.1 cm³/mol. The van der Waals surface area contributed by atoms with Gasteiger partial charge in [0.2, 0.25) is 0 Å². The lowest BCUT2D eigenvalue weighted by molar-refractivity contribution is 0.391. The van der Waals surface area contributed by atoms with Crippen molar-refractivity contribution in [3.8, 4) is 5.75 Å². The summed E-state index contributed by atoms with van der Waals surface area (Å²) in [5, 5.41) is 1.53. The van der Waals surface area contributed by atoms with Crippen LogP contribution in [0.4, 0.5) is 4.39 Å². The van der Waals surface area contributed by atoms with Crippen molar-refractivity contribution >= 4 is 10.8 Å². The van der Waals surface area contributed by atoms with Gasteiger partial charge in [-0.25, -0.2) is 4.39 Å². The van der Waals surface area contributed by atoms with Crippen LogP contribution in [0.2, 0.25) is 0 Å². The first-order valence-electron chi connectivity index (χ1n) is 4.58. The van der Waals surface area contributed by atoms with Gasteiger partial charge in [0, 0.05) is 18.1 Å². The summed E-state index contributed by atoms with van der Waals surface area (Å²) in [5.41, 5.74) is 6.19. The monoisotopic (exact) mass is 206 g/mol. The van der Waals surface area contributed by atoms with Crippen molar-refractivity contribution in [3.05, 3.63) is 35.9 Å². The van der Waals surface area contributed by atoms with Gasteiger partial charge in [0.05, 0.1) is 12.8 Å². The van der Waals surface area contributed by atoms with E-state index in [1.54, 1.807) is 18.3 Å². The summed E-state index contributed by atoms with van der Waals surface area (Å²) in [6.45, 7) is 0.261. The molecule has 0 saturated heterocycles. The number of pyridine rings is 1. The summed E-state index contributed by atoms with van der Waals surface area (Å²) in [5.74, 6) is -0.186. The maximum Gasteiger partial charge on any atom is 0.165 e. The van der Waals surface area contributed by atoms with Crippen molar-refractivity contribution in [2.45, 2.75) is 6.54 Å². The number of hydrogen-bond donors (Lipinski definition) is 1. The molecule has 0 spiro atoms. The number of halogens is 1. The molecule has 0 atom stereocenters. The summed E-state index contributed by atoms with van der Waals surface area (Å²) in [6.07, 6.45) is 1.65. The van der Waals surface area contributed by atoms with Gasteiger partial charge in [-0.3, -0.25) is 4.98 Å². The van der Waals surface area contributed by atoms with Gasteiger partial charge >= 0.3 is 0 Å². The summed E-state index contributed by atoms with van der Waals surface area (Å²) >= 11 is 0. The second-order valence-corrected chi connectivity index (χ2v) is 3.14. The Kier molecular flexibility index (Phi) is 2.51. The van der Waals surface area contributed by atoms with Crippen molar-refractivity contribution in [2.75, 3.05) is 7.11 Å². The van der Waals surface area contributed by atoms with Crippen LogP contribution in [0.5, 0.6) is 5.75 Å². The average Bonchev–Trinajstić information content (AvgIpc) is 2.28. The minimum atomic E-state index is -0.396. The Morgan fingerprint density at radius 2 is 2.20 bits per heavy atom. The van der Waals surface area contributed by atoms with Gasteiger partial charge < -0.3 is 10.5 Å². The molecule has 0 aliphatic carbocycles. The molecule has 0 unspecified atom stereocenters. The zero-order valence-corrected chi connectivity index (χ0v) is 8.33. The number of aromatic nitrogens is 1. The number of ether oxygens (including phenoxy) is 1.